The first kappa shape index (κ1) is 22.2. The molecule has 0 aromatic carbocycles. The molecule has 1 unspecified atom stereocenters. The van der Waals surface area contributed by atoms with Crippen molar-refractivity contribution in [2.75, 3.05) is 44.2 Å². The van der Waals surface area contributed by atoms with Crippen LogP contribution in [-0.2, 0) is 9.84 Å². The predicted molar refractivity (Wildman–Crippen MR) is 107 cm³/mol. The first-order valence-electron chi connectivity index (χ1n) is 9.86. The summed E-state index contributed by atoms with van der Waals surface area (Å²) in [4.78, 5) is 7.33. The molecule has 148 valence electrons. The molecule has 0 saturated carbocycles. The molecular formula is C18H38N4O2S. The van der Waals surface area contributed by atoms with Crippen LogP contribution in [0, 0.1) is 5.92 Å². The Morgan fingerprint density at radius 1 is 1.08 bits per heavy atom. The summed E-state index contributed by atoms with van der Waals surface area (Å²) < 4.78 is 23.3. The summed E-state index contributed by atoms with van der Waals surface area (Å²) in [6, 6.07) is 0.438. The van der Waals surface area contributed by atoms with Crippen molar-refractivity contribution in [2.24, 2.45) is 10.9 Å². The van der Waals surface area contributed by atoms with Gasteiger partial charge in [-0.3, -0.25) is 9.89 Å². The molecule has 0 amide bonds. The molecule has 6 nitrogen and oxygen atoms in total. The van der Waals surface area contributed by atoms with Crippen molar-refractivity contribution >= 4 is 15.8 Å². The zero-order valence-electron chi connectivity index (χ0n) is 16.6. The Morgan fingerprint density at radius 3 is 2.24 bits per heavy atom. The molecule has 2 N–H and O–H groups in total. The quantitative estimate of drug-likeness (QED) is 0.476. The lowest BCUT2D eigenvalue weighted by Crippen LogP contribution is -2.44. The maximum Gasteiger partial charge on any atom is 0.191 e. The lowest BCUT2D eigenvalue weighted by molar-refractivity contribution is 0.166. The van der Waals surface area contributed by atoms with E-state index in [-0.39, 0.29) is 11.5 Å². The van der Waals surface area contributed by atoms with Crippen LogP contribution in [0.1, 0.15) is 53.4 Å². The second-order valence-corrected chi connectivity index (χ2v) is 9.62. The minimum atomic E-state index is -2.95. The fraction of sp³-hybridized carbons (Fsp3) is 0.944. The van der Waals surface area contributed by atoms with Gasteiger partial charge in [-0.05, 0) is 38.8 Å². The number of aliphatic imine (C=N–C) groups is 1. The van der Waals surface area contributed by atoms with Gasteiger partial charge in [-0.15, -0.1) is 0 Å². The topological polar surface area (TPSA) is 73.8 Å². The molecule has 1 saturated heterocycles. The normalized spacial score (nSPS) is 18.8. The van der Waals surface area contributed by atoms with Gasteiger partial charge in [-0.2, -0.15) is 0 Å². The first-order chi connectivity index (χ1) is 11.9. The van der Waals surface area contributed by atoms with E-state index in [2.05, 4.69) is 29.4 Å². The zero-order chi connectivity index (χ0) is 18.7. The van der Waals surface area contributed by atoms with Crippen molar-refractivity contribution in [3.05, 3.63) is 0 Å². The molecule has 0 radical (unpaired) electrons. The van der Waals surface area contributed by atoms with E-state index in [0.717, 1.165) is 26.2 Å². The van der Waals surface area contributed by atoms with Gasteiger partial charge in [0.25, 0.3) is 0 Å². The molecule has 0 aromatic rings. The maximum atomic E-state index is 11.6. The summed E-state index contributed by atoms with van der Waals surface area (Å²) in [5.41, 5.74) is 0. The highest BCUT2D eigenvalue weighted by molar-refractivity contribution is 7.91. The van der Waals surface area contributed by atoms with Gasteiger partial charge in [0.1, 0.15) is 0 Å². The van der Waals surface area contributed by atoms with Gasteiger partial charge in [-0.25, -0.2) is 8.42 Å². The van der Waals surface area contributed by atoms with E-state index < -0.39 is 9.84 Å². The van der Waals surface area contributed by atoms with Crippen LogP contribution in [0.2, 0.25) is 0 Å². The number of hydrogen-bond acceptors (Lipinski definition) is 4. The third-order valence-electron chi connectivity index (χ3n) is 4.81. The molecule has 0 aromatic heterocycles. The molecule has 1 atom stereocenters. The largest absolute Gasteiger partial charge is 0.357 e. The van der Waals surface area contributed by atoms with Gasteiger partial charge < -0.3 is 10.6 Å². The van der Waals surface area contributed by atoms with Gasteiger partial charge in [0.15, 0.2) is 15.8 Å². The van der Waals surface area contributed by atoms with Crippen molar-refractivity contribution in [2.45, 2.75) is 59.4 Å². The van der Waals surface area contributed by atoms with Crippen molar-refractivity contribution in [1.29, 1.82) is 0 Å². The van der Waals surface area contributed by atoms with Gasteiger partial charge in [-0.1, -0.05) is 33.6 Å². The summed E-state index contributed by atoms with van der Waals surface area (Å²) in [7, 11) is -2.95. The van der Waals surface area contributed by atoms with Crippen LogP contribution in [0.25, 0.3) is 0 Å². The molecule has 1 heterocycles. The molecule has 0 bridgehead atoms. The van der Waals surface area contributed by atoms with Crippen molar-refractivity contribution in [3.8, 4) is 0 Å². The Morgan fingerprint density at radius 2 is 1.72 bits per heavy atom. The minimum absolute atomic E-state index is 0.146. The number of hydrogen-bond donors (Lipinski definition) is 2. The number of rotatable bonds is 9. The van der Waals surface area contributed by atoms with Crippen LogP contribution in [0.4, 0.5) is 0 Å². The van der Waals surface area contributed by atoms with E-state index in [9.17, 15) is 8.42 Å². The highest BCUT2D eigenvalue weighted by Crippen LogP contribution is 2.17. The zero-order valence-corrected chi connectivity index (χ0v) is 17.4. The van der Waals surface area contributed by atoms with Gasteiger partial charge in [0, 0.05) is 24.9 Å². The van der Waals surface area contributed by atoms with E-state index in [1.54, 1.807) is 6.92 Å². The summed E-state index contributed by atoms with van der Waals surface area (Å²) in [6.45, 7) is 12.5. The predicted octanol–water partition coefficient (Wildman–Crippen LogP) is 1.88. The van der Waals surface area contributed by atoms with E-state index >= 15 is 0 Å². The maximum absolute atomic E-state index is 11.6. The average Bonchev–Trinajstić information content (AvgIpc) is 2.84. The second-order valence-electron chi connectivity index (χ2n) is 7.14. The third kappa shape index (κ3) is 8.90. The van der Waals surface area contributed by atoms with Gasteiger partial charge >= 0.3 is 0 Å². The monoisotopic (exact) mass is 374 g/mol. The highest BCUT2D eigenvalue weighted by Gasteiger charge is 2.22. The van der Waals surface area contributed by atoms with E-state index in [0.29, 0.717) is 24.5 Å². The van der Waals surface area contributed by atoms with E-state index in [4.69, 9.17) is 4.99 Å². The van der Waals surface area contributed by atoms with E-state index in [1.807, 2.05) is 6.92 Å². The molecule has 25 heavy (non-hydrogen) atoms. The Balaban J connectivity index is 2.64. The lowest BCUT2D eigenvalue weighted by atomic mass is 10.0. The summed E-state index contributed by atoms with van der Waals surface area (Å²) in [5.74, 6) is 1.60. The van der Waals surface area contributed by atoms with Crippen LogP contribution < -0.4 is 10.6 Å². The minimum Gasteiger partial charge on any atom is -0.357 e. The van der Waals surface area contributed by atoms with Crippen molar-refractivity contribution in [3.63, 3.8) is 0 Å². The number of likely N-dealkylation sites (tertiary alicyclic amines) is 1. The van der Waals surface area contributed by atoms with Crippen LogP contribution in [-0.4, -0.2) is 69.5 Å². The standard InChI is InChI=1S/C18H38N4O2S/c1-5-19-18(20-11-14-25(23,24)6-2)21-15-17(16(3)4)22-12-9-7-8-10-13-22/h16-17H,5-15H2,1-4H3,(H2,19,20,21). The molecular weight excluding hydrogens is 336 g/mol. The van der Waals surface area contributed by atoms with Gasteiger partial charge in [0.2, 0.25) is 0 Å². The molecule has 1 aliphatic rings. The highest BCUT2D eigenvalue weighted by atomic mass is 32.2. The van der Waals surface area contributed by atoms with Crippen LogP contribution in [0.15, 0.2) is 4.99 Å². The second kappa shape index (κ2) is 11.7. The fourth-order valence-electron chi connectivity index (χ4n) is 3.17. The smallest absolute Gasteiger partial charge is 0.191 e. The summed E-state index contributed by atoms with van der Waals surface area (Å²) in [6.07, 6.45) is 5.22. The molecule has 1 rings (SSSR count). The third-order valence-corrected chi connectivity index (χ3v) is 6.51. The Hall–Kier alpha value is -0.820. The Bertz CT molecular complexity index is 483. The summed E-state index contributed by atoms with van der Waals surface area (Å²) >= 11 is 0. The molecule has 1 fully saturated rings. The van der Waals surface area contributed by atoms with Gasteiger partial charge in [0.05, 0.1) is 12.3 Å². The fourth-order valence-corrected chi connectivity index (χ4v) is 3.87. The summed E-state index contributed by atoms with van der Waals surface area (Å²) in [5, 5.41) is 6.38. The molecule has 0 spiro atoms. The Labute approximate surface area is 154 Å². The number of nitrogens with zero attached hydrogens (tertiary/aromatic N) is 2. The lowest BCUT2D eigenvalue weighted by Gasteiger charge is -2.32. The SMILES string of the molecule is CCNC(=NCC(C(C)C)N1CCCCCC1)NCCS(=O)(=O)CC. The van der Waals surface area contributed by atoms with Crippen molar-refractivity contribution in [1.82, 2.24) is 15.5 Å². The number of sulfone groups is 1. The van der Waals surface area contributed by atoms with Crippen LogP contribution in [0.5, 0.6) is 0 Å². The Kier molecular flexibility index (Phi) is 10.4. The van der Waals surface area contributed by atoms with E-state index in [1.165, 1.54) is 25.7 Å². The van der Waals surface area contributed by atoms with Crippen molar-refractivity contribution < 1.29 is 8.42 Å². The number of nitrogens with one attached hydrogen (secondary N) is 2. The first-order valence-corrected chi connectivity index (χ1v) is 11.7. The average molecular weight is 375 g/mol. The molecule has 7 heteroatoms. The molecule has 0 aliphatic carbocycles. The number of guanidine groups is 1. The molecule has 1 aliphatic heterocycles. The van der Waals surface area contributed by atoms with Crippen LogP contribution in [0.3, 0.4) is 0 Å². The van der Waals surface area contributed by atoms with Crippen LogP contribution >= 0.6 is 0 Å².